The van der Waals surface area contributed by atoms with Crippen LogP contribution >= 0.6 is 0 Å². The Morgan fingerprint density at radius 1 is 1.23 bits per heavy atom. The predicted molar refractivity (Wildman–Crippen MR) is 88.8 cm³/mol. The van der Waals surface area contributed by atoms with Crippen LogP contribution < -0.4 is 11.1 Å². The molecule has 0 saturated carbocycles. The molecule has 4 nitrogen and oxygen atoms in total. The Bertz CT molecular complexity index is 497. The second kappa shape index (κ2) is 6.80. The number of benzene rings is 1. The average molecular weight is 304 g/mol. The van der Waals surface area contributed by atoms with E-state index in [0.29, 0.717) is 32.6 Å². The molecule has 122 valence electrons. The fraction of sp³-hybridized carbons (Fsp3) is 0.611. The molecule has 0 aromatic heterocycles. The predicted octanol–water partition coefficient (Wildman–Crippen LogP) is 2.15. The fourth-order valence-electron chi connectivity index (χ4n) is 2.63. The summed E-state index contributed by atoms with van der Waals surface area (Å²) in [6.07, 6.45) is 2.01. The van der Waals surface area contributed by atoms with E-state index in [1.807, 2.05) is 0 Å². The van der Waals surface area contributed by atoms with Gasteiger partial charge >= 0.3 is 0 Å². The van der Waals surface area contributed by atoms with Crippen LogP contribution in [-0.4, -0.2) is 31.2 Å². The molecule has 1 aromatic rings. The number of carbonyl (C=O) groups is 1. The normalized spacial score (nSPS) is 18.0. The summed E-state index contributed by atoms with van der Waals surface area (Å²) in [6.45, 7) is 8.37. The molecule has 0 spiro atoms. The minimum absolute atomic E-state index is 0.0536. The van der Waals surface area contributed by atoms with Crippen LogP contribution in [0.25, 0.3) is 0 Å². The molecule has 0 atom stereocenters. The quantitative estimate of drug-likeness (QED) is 0.896. The minimum atomic E-state index is -0.756. The van der Waals surface area contributed by atoms with Gasteiger partial charge in [-0.15, -0.1) is 0 Å². The first-order valence-corrected chi connectivity index (χ1v) is 8.06. The second-order valence-corrected chi connectivity index (χ2v) is 7.22. The van der Waals surface area contributed by atoms with E-state index >= 15 is 0 Å². The number of amides is 1. The van der Waals surface area contributed by atoms with E-state index in [2.05, 4.69) is 50.4 Å². The second-order valence-electron chi connectivity index (χ2n) is 7.22. The molecule has 1 amide bonds. The van der Waals surface area contributed by atoms with Crippen molar-refractivity contribution in [1.29, 1.82) is 0 Å². The third-order valence-corrected chi connectivity index (χ3v) is 4.36. The lowest BCUT2D eigenvalue weighted by Crippen LogP contribution is -2.57. The smallest absolute Gasteiger partial charge is 0.240 e. The molecule has 1 aliphatic heterocycles. The molecule has 1 fully saturated rings. The van der Waals surface area contributed by atoms with Gasteiger partial charge in [0.1, 0.15) is 0 Å². The molecule has 1 aromatic carbocycles. The van der Waals surface area contributed by atoms with Gasteiger partial charge in [0.15, 0.2) is 0 Å². The van der Waals surface area contributed by atoms with E-state index in [1.54, 1.807) is 0 Å². The highest BCUT2D eigenvalue weighted by molar-refractivity contribution is 5.86. The average Bonchev–Trinajstić information content (AvgIpc) is 2.47. The molecule has 0 aliphatic carbocycles. The molecular formula is C18H28N2O2. The summed E-state index contributed by atoms with van der Waals surface area (Å²) < 4.78 is 5.27. The molecule has 4 heteroatoms. The molecule has 0 unspecified atom stereocenters. The number of nitrogens with two attached hydrogens (primary N) is 1. The Kier molecular flexibility index (Phi) is 5.24. The minimum Gasteiger partial charge on any atom is -0.381 e. The van der Waals surface area contributed by atoms with E-state index in [-0.39, 0.29) is 11.3 Å². The molecule has 1 saturated heterocycles. The Hall–Kier alpha value is -1.39. The summed E-state index contributed by atoms with van der Waals surface area (Å²) in [5.74, 6) is -0.0536. The van der Waals surface area contributed by atoms with Crippen molar-refractivity contribution in [3.05, 3.63) is 35.4 Å². The zero-order chi connectivity index (χ0) is 16.2. The lowest BCUT2D eigenvalue weighted by atomic mass is 9.86. The standard InChI is InChI=1S/C18H28N2O2/c1-17(2,3)15-6-4-14(5-7-15)8-11-20-16(21)18(19)9-12-22-13-10-18/h4-7H,8-13,19H2,1-3H3,(H,20,21). The number of hydrogen-bond donors (Lipinski definition) is 2. The van der Waals surface area contributed by atoms with Crippen LogP contribution in [0.1, 0.15) is 44.7 Å². The van der Waals surface area contributed by atoms with E-state index < -0.39 is 5.54 Å². The van der Waals surface area contributed by atoms with Crippen molar-refractivity contribution in [2.24, 2.45) is 5.73 Å². The Labute approximate surface area is 133 Å². The van der Waals surface area contributed by atoms with Crippen molar-refractivity contribution < 1.29 is 9.53 Å². The van der Waals surface area contributed by atoms with E-state index in [0.717, 1.165) is 6.42 Å². The molecule has 22 heavy (non-hydrogen) atoms. The van der Waals surface area contributed by atoms with Crippen molar-refractivity contribution >= 4 is 5.91 Å². The van der Waals surface area contributed by atoms with Gasteiger partial charge in [0, 0.05) is 19.8 Å². The maximum absolute atomic E-state index is 12.2. The van der Waals surface area contributed by atoms with Gasteiger partial charge in [0.25, 0.3) is 0 Å². The van der Waals surface area contributed by atoms with Gasteiger partial charge in [-0.05, 0) is 35.8 Å². The van der Waals surface area contributed by atoms with Gasteiger partial charge < -0.3 is 15.8 Å². The monoisotopic (exact) mass is 304 g/mol. The third kappa shape index (κ3) is 4.31. The van der Waals surface area contributed by atoms with Crippen LogP contribution in [-0.2, 0) is 21.4 Å². The van der Waals surface area contributed by atoms with E-state index in [1.165, 1.54) is 11.1 Å². The Morgan fingerprint density at radius 2 is 1.82 bits per heavy atom. The molecule has 1 heterocycles. The zero-order valence-corrected chi connectivity index (χ0v) is 13.9. The van der Waals surface area contributed by atoms with Crippen LogP contribution in [0.15, 0.2) is 24.3 Å². The van der Waals surface area contributed by atoms with Crippen molar-refractivity contribution in [2.75, 3.05) is 19.8 Å². The zero-order valence-electron chi connectivity index (χ0n) is 13.9. The van der Waals surface area contributed by atoms with E-state index in [9.17, 15) is 4.79 Å². The molecule has 3 N–H and O–H groups in total. The molecule has 0 bridgehead atoms. The molecule has 1 aliphatic rings. The summed E-state index contributed by atoms with van der Waals surface area (Å²) >= 11 is 0. The van der Waals surface area contributed by atoms with E-state index in [4.69, 9.17) is 10.5 Å². The first-order chi connectivity index (χ1) is 10.3. The summed E-state index contributed by atoms with van der Waals surface area (Å²) in [5.41, 5.74) is 8.12. The third-order valence-electron chi connectivity index (χ3n) is 4.36. The molecule has 2 rings (SSSR count). The maximum Gasteiger partial charge on any atom is 0.240 e. The first kappa shape index (κ1) is 17.0. The van der Waals surface area contributed by atoms with Gasteiger partial charge in [-0.3, -0.25) is 4.79 Å². The van der Waals surface area contributed by atoms with Gasteiger partial charge in [-0.2, -0.15) is 0 Å². The van der Waals surface area contributed by atoms with Crippen molar-refractivity contribution in [3.8, 4) is 0 Å². The number of nitrogens with one attached hydrogen (secondary N) is 1. The van der Waals surface area contributed by atoms with Crippen LogP contribution in [0.3, 0.4) is 0 Å². The molecular weight excluding hydrogens is 276 g/mol. The maximum atomic E-state index is 12.2. The number of ether oxygens (including phenoxy) is 1. The van der Waals surface area contributed by atoms with Gasteiger partial charge in [-0.1, -0.05) is 45.0 Å². The first-order valence-electron chi connectivity index (χ1n) is 8.06. The lowest BCUT2D eigenvalue weighted by Gasteiger charge is -2.31. The SMILES string of the molecule is CC(C)(C)c1ccc(CCNC(=O)C2(N)CCOCC2)cc1. The number of carbonyl (C=O) groups excluding carboxylic acids is 1. The highest BCUT2D eigenvalue weighted by Crippen LogP contribution is 2.22. The van der Waals surface area contributed by atoms with Crippen LogP contribution in [0, 0.1) is 0 Å². The molecule has 0 radical (unpaired) electrons. The largest absolute Gasteiger partial charge is 0.381 e. The highest BCUT2D eigenvalue weighted by atomic mass is 16.5. The van der Waals surface area contributed by atoms with Crippen molar-refractivity contribution in [2.45, 2.75) is 51.0 Å². The fourth-order valence-corrected chi connectivity index (χ4v) is 2.63. The summed E-state index contributed by atoms with van der Waals surface area (Å²) in [6, 6.07) is 8.61. The van der Waals surface area contributed by atoms with Gasteiger partial charge in [0.05, 0.1) is 5.54 Å². The van der Waals surface area contributed by atoms with Crippen LogP contribution in [0.2, 0.25) is 0 Å². The Morgan fingerprint density at radius 3 is 2.36 bits per heavy atom. The highest BCUT2D eigenvalue weighted by Gasteiger charge is 2.35. The van der Waals surface area contributed by atoms with Crippen molar-refractivity contribution in [1.82, 2.24) is 5.32 Å². The summed E-state index contributed by atoms with van der Waals surface area (Å²) in [4.78, 5) is 12.2. The Balaban J connectivity index is 1.82. The summed E-state index contributed by atoms with van der Waals surface area (Å²) in [5, 5.41) is 2.97. The lowest BCUT2D eigenvalue weighted by molar-refractivity contribution is -0.129. The van der Waals surface area contributed by atoms with Gasteiger partial charge in [-0.25, -0.2) is 0 Å². The number of rotatable bonds is 4. The van der Waals surface area contributed by atoms with Crippen LogP contribution in [0.5, 0.6) is 0 Å². The van der Waals surface area contributed by atoms with Crippen LogP contribution in [0.4, 0.5) is 0 Å². The van der Waals surface area contributed by atoms with Gasteiger partial charge in [0.2, 0.25) is 5.91 Å². The topological polar surface area (TPSA) is 64.4 Å². The number of hydrogen-bond acceptors (Lipinski definition) is 3. The summed E-state index contributed by atoms with van der Waals surface area (Å²) in [7, 11) is 0. The van der Waals surface area contributed by atoms with Crippen molar-refractivity contribution in [3.63, 3.8) is 0 Å².